The Hall–Kier alpha value is -1.87. The van der Waals surface area contributed by atoms with Gasteiger partial charge in [-0.2, -0.15) is 0 Å². The van der Waals surface area contributed by atoms with Gasteiger partial charge in [0.15, 0.2) is 0 Å². The molecule has 0 saturated heterocycles. The molecule has 3 N–H and O–H groups in total. The summed E-state index contributed by atoms with van der Waals surface area (Å²) in [7, 11) is -0.881. The molecule has 22 heavy (non-hydrogen) atoms. The van der Waals surface area contributed by atoms with Gasteiger partial charge in [0.2, 0.25) is 10.0 Å². The van der Waals surface area contributed by atoms with Gasteiger partial charge in [-0.15, -0.1) is 0 Å². The molecule has 1 rings (SSSR count). The molecular formula is C13H21N3O5S. The molecule has 0 saturated carbocycles. The fraction of sp³-hybridized carbons (Fsp3) is 0.538. The van der Waals surface area contributed by atoms with E-state index in [9.17, 15) is 23.1 Å². The topological polar surface area (TPSA) is 117 Å². The second-order valence-corrected chi connectivity index (χ2v) is 6.94. The van der Waals surface area contributed by atoms with Crippen molar-refractivity contribution in [2.75, 3.05) is 7.05 Å². The van der Waals surface area contributed by atoms with E-state index in [0.29, 0.717) is 6.42 Å². The third-order valence-electron chi connectivity index (χ3n) is 3.56. The van der Waals surface area contributed by atoms with Crippen LogP contribution in [-0.2, 0) is 21.9 Å². The van der Waals surface area contributed by atoms with Crippen LogP contribution in [0.15, 0.2) is 17.2 Å². The molecule has 0 radical (unpaired) electrons. The van der Waals surface area contributed by atoms with Gasteiger partial charge in [0.1, 0.15) is 16.6 Å². The molecule has 0 spiro atoms. The highest BCUT2D eigenvalue weighted by atomic mass is 32.2. The summed E-state index contributed by atoms with van der Waals surface area (Å²) in [5.74, 6) is -2.00. The minimum atomic E-state index is -3.67. The van der Waals surface area contributed by atoms with Gasteiger partial charge in [-0.3, -0.25) is 4.79 Å². The number of sulfonamides is 1. The summed E-state index contributed by atoms with van der Waals surface area (Å²) in [5.41, 5.74) is 0.0726. The highest BCUT2D eigenvalue weighted by Crippen LogP contribution is 2.14. The number of amides is 1. The number of carboxylic acid groups (broad SMARTS) is 1. The molecule has 9 heteroatoms. The zero-order valence-electron chi connectivity index (χ0n) is 13.0. The Morgan fingerprint density at radius 3 is 2.45 bits per heavy atom. The average Bonchev–Trinajstić information content (AvgIpc) is 2.86. The number of aryl methyl sites for hydroxylation is 1. The summed E-state index contributed by atoms with van der Waals surface area (Å²) in [6.07, 6.45) is 1.88. The third-order valence-corrected chi connectivity index (χ3v) is 4.94. The van der Waals surface area contributed by atoms with E-state index in [1.54, 1.807) is 6.92 Å². The fourth-order valence-corrected chi connectivity index (χ4v) is 2.72. The summed E-state index contributed by atoms with van der Waals surface area (Å²) < 4.78 is 26.9. The molecular weight excluding hydrogens is 310 g/mol. The number of hydrogen-bond acceptors (Lipinski definition) is 4. The molecule has 0 aliphatic rings. The normalized spacial score (nSPS) is 14.4. The smallest absolute Gasteiger partial charge is 0.326 e. The number of nitrogens with zero attached hydrogens (tertiary/aromatic N) is 1. The van der Waals surface area contributed by atoms with E-state index in [0.717, 1.165) is 0 Å². The summed E-state index contributed by atoms with van der Waals surface area (Å²) in [6, 6.07) is 0.174. The lowest BCUT2D eigenvalue weighted by Crippen LogP contribution is -2.45. The minimum Gasteiger partial charge on any atom is -0.480 e. The van der Waals surface area contributed by atoms with Crippen LogP contribution < -0.4 is 10.0 Å². The first-order valence-corrected chi connectivity index (χ1v) is 8.26. The van der Waals surface area contributed by atoms with Crippen molar-refractivity contribution in [1.29, 1.82) is 0 Å². The molecule has 1 amide bonds. The van der Waals surface area contributed by atoms with Crippen molar-refractivity contribution >= 4 is 21.9 Å². The van der Waals surface area contributed by atoms with E-state index in [1.165, 1.54) is 30.9 Å². The maximum atomic E-state index is 12.2. The van der Waals surface area contributed by atoms with E-state index in [1.807, 2.05) is 6.92 Å². The number of carbonyl (C=O) groups excluding carboxylic acids is 1. The van der Waals surface area contributed by atoms with Gasteiger partial charge in [-0.1, -0.05) is 20.3 Å². The summed E-state index contributed by atoms with van der Waals surface area (Å²) in [4.78, 5) is 23.4. The van der Waals surface area contributed by atoms with Crippen molar-refractivity contribution in [1.82, 2.24) is 14.6 Å². The van der Waals surface area contributed by atoms with Gasteiger partial charge < -0.3 is 15.0 Å². The van der Waals surface area contributed by atoms with E-state index in [-0.39, 0.29) is 16.5 Å². The van der Waals surface area contributed by atoms with Crippen LogP contribution in [0.2, 0.25) is 0 Å². The van der Waals surface area contributed by atoms with Crippen LogP contribution in [0.25, 0.3) is 0 Å². The van der Waals surface area contributed by atoms with Crippen molar-refractivity contribution in [3.05, 3.63) is 18.0 Å². The van der Waals surface area contributed by atoms with Crippen molar-refractivity contribution in [3.63, 3.8) is 0 Å². The minimum absolute atomic E-state index is 0.0573. The predicted molar refractivity (Wildman–Crippen MR) is 80.0 cm³/mol. The van der Waals surface area contributed by atoms with E-state index in [2.05, 4.69) is 10.0 Å². The third kappa shape index (κ3) is 3.86. The first kappa shape index (κ1) is 18.2. The number of carboxylic acids is 1. The Morgan fingerprint density at radius 1 is 1.41 bits per heavy atom. The van der Waals surface area contributed by atoms with Crippen molar-refractivity contribution < 1.29 is 23.1 Å². The second-order valence-electron chi connectivity index (χ2n) is 5.05. The predicted octanol–water partition coefficient (Wildman–Crippen LogP) is 0.162. The molecule has 0 aromatic carbocycles. The summed E-state index contributed by atoms with van der Waals surface area (Å²) >= 11 is 0. The second kappa shape index (κ2) is 6.93. The van der Waals surface area contributed by atoms with Crippen LogP contribution in [0.5, 0.6) is 0 Å². The lowest BCUT2D eigenvalue weighted by atomic mass is 9.99. The molecule has 124 valence electrons. The van der Waals surface area contributed by atoms with Gasteiger partial charge >= 0.3 is 5.97 Å². The van der Waals surface area contributed by atoms with Gasteiger partial charge in [-0.25, -0.2) is 17.9 Å². The van der Waals surface area contributed by atoms with Crippen LogP contribution in [0.3, 0.4) is 0 Å². The van der Waals surface area contributed by atoms with Crippen LogP contribution in [0.1, 0.15) is 30.8 Å². The Balaban J connectivity index is 3.06. The Morgan fingerprint density at radius 2 is 2.00 bits per heavy atom. The Kier molecular flexibility index (Phi) is 5.72. The first-order chi connectivity index (χ1) is 10.1. The maximum absolute atomic E-state index is 12.2. The van der Waals surface area contributed by atoms with Gasteiger partial charge in [-0.05, 0) is 19.0 Å². The molecule has 0 aliphatic heterocycles. The molecule has 1 aromatic heterocycles. The molecule has 2 unspecified atom stereocenters. The highest BCUT2D eigenvalue weighted by Gasteiger charge is 2.27. The summed E-state index contributed by atoms with van der Waals surface area (Å²) in [5, 5.41) is 11.6. The lowest BCUT2D eigenvalue weighted by molar-refractivity contribution is -0.140. The number of carbonyl (C=O) groups is 2. The van der Waals surface area contributed by atoms with Crippen LogP contribution in [0.4, 0.5) is 0 Å². The van der Waals surface area contributed by atoms with Crippen LogP contribution in [-0.4, -0.2) is 43.1 Å². The average molecular weight is 331 g/mol. The largest absolute Gasteiger partial charge is 0.480 e. The number of hydrogen-bond donors (Lipinski definition) is 3. The molecule has 1 aromatic rings. The number of rotatable bonds is 7. The number of aromatic nitrogens is 1. The van der Waals surface area contributed by atoms with E-state index < -0.39 is 27.9 Å². The quantitative estimate of drug-likeness (QED) is 0.658. The standard InChI is InChI=1S/C13H21N3O5S/c1-5-8(2)11(13(18)19)15-12(17)10-6-9(7-16(10)4)22(20,21)14-3/h6-8,11,14H,5H2,1-4H3,(H,15,17)(H,18,19). The van der Waals surface area contributed by atoms with Crippen molar-refractivity contribution in [2.45, 2.75) is 31.2 Å². The molecule has 0 aliphatic carbocycles. The first-order valence-electron chi connectivity index (χ1n) is 6.77. The maximum Gasteiger partial charge on any atom is 0.326 e. The van der Waals surface area contributed by atoms with Gasteiger partial charge in [0.05, 0.1) is 0 Å². The van der Waals surface area contributed by atoms with Crippen molar-refractivity contribution in [2.24, 2.45) is 13.0 Å². The lowest BCUT2D eigenvalue weighted by Gasteiger charge is -2.20. The van der Waals surface area contributed by atoms with Crippen LogP contribution in [0, 0.1) is 5.92 Å². The van der Waals surface area contributed by atoms with E-state index >= 15 is 0 Å². The Labute approximate surface area is 129 Å². The monoisotopic (exact) mass is 331 g/mol. The van der Waals surface area contributed by atoms with Crippen molar-refractivity contribution in [3.8, 4) is 0 Å². The fourth-order valence-electron chi connectivity index (χ4n) is 1.92. The molecule has 8 nitrogen and oxygen atoms in total. The van der Waals surface area contributed by atoms with Gasteiger partial charge in [0.25, 0.3) is 5.91 Å². The Bertz CT molecular complexity index is 665. The van der Waals surface area contributed by atoms with Gasteiger partial charge in [0, 0.05) is 13.2 Å². The molecule has 0 bridgehead atoms. The molecule has 1 heterocycles. The number of nitrogens with one attached hydrogen (secondary N) is 2. The highest BCUT2D eigenvalue weighted by molar-refractivity contribution is 7.89. The SMILES string of the molecule is CCC(C)C(NC(=O)c1cc(S(=O)(=O)NC)cn1C)C(=O)O. The van der Waals surface area contributed by atoms with Crippen LogP contribution >= 0.6 is 0 Å². The number of aliphatic carboxylic acids is 1. The molecule has 0 fully saturated rings. The zero-order valence-corrected chi connectivity index (χ0v) is 13.8. The molecule has 2 atom stereocenters. The zero-order chi connectivity index (χ0) is 17.1. The summed E-state index contributed by atoms with van der Waals surface area (Å²) in [6.45, 7) is 3.55. The van der Waals surface area contributed by atoms with E-state index in [4.69, 9.17) is 0 Å².